The van der Waals surface area contributed by atoms with Crippen LogP contribution in [0, 0.1) is 0 Å². The van der Waals surface area contributed by atoms with E-state index in [4.69, 9.17) is 9.15 Å². The molecule has 0 radical (unpaired) electrons. The van der Waals surface area contributed by atoms with Gasteiger partial charge in [0.15, 0.2) is 5.58 Å². The highest BCUT2D eigenvalue weighted by atomic mass is 32.2. The molecule has 0 saturated carbocycles. The summed E-state index contributed by atoms with van der Waals surface area (Å²) in [6.07, 6.45) is -3.88. The molecule has 160 valence electrons. The Morgan fingerprint density at radius 3 is 2.73 bits per heavy atom. The molecule has 1 fully saturated rings. The van der Waals surface area contributed by atoms with Crippen LogP contribution in [0.1, 0.15) is 12.0 Å². The minimum absolute atomic E-state index is 0.0238. The number of fused-ring (bicyclic) bond motifs is 1. The topological polar surface area (TPSA) is 94.6 Å². The fraction of sp³-hybridized carbons (Fsp3) is 0.333. The average Bonchev–Trinajstić information content (AvgIpc) is 3.26. The van der Waals surface area contributed by atoms with E-state index < -0.39 is 33.6 Å². The number of nitrogens with zero attached hydrogens (tertiary/aromatic N) is 3. The lowest BCUT2D eigenvalue weighted by Crippen LogP contribution is -2.31. The van der Waals surface area contributed by atoms with Crippen LogP contribution in [0.15, 0.2) is 50.6 Å². The Morgan fingerprint density at radius 1 is 1.23 bits per heavy atom. The molecule has 1 aliphatic rings. The molecule has 3 aromatic rings. The second-order valence-corrected chi connectivity index (χ2v) is 8.77. The van der Waals surface area contributed by atoms with Crippen molar-refractivity contribution in [3.05, 3.63) is 52.6 Å². The Morgan fingerprint density at radius 2 is 2.00 bits per heavy atom. The van der Waals surface area contributed by atoms with E-state index in [1.165, 1.54) is 34.1 Å². The molecule has 12 heteroatoms. The van der Waals surface area contributed by atoms with Crippen molar-refractivity contribution in [3.8, 4) is 5.88 Å². The zero-order valence-electron chi connectivity index (χ0n) is 15.6. The average molecular weight is 443 g/mol. The van der Waals surface area contributed by atoms with Gasteiger partial charge in [-0.15, -0.1) is 0 Å². The third kappa shape index (κ3) is 3.67. The molecule has 0 aliphatic carbocycles. The molecule has 0 unspecified atom stereocenters. The summed E-state index contributed by atoms with van der Waals surface area (Å²) >= 11 is 0. The first kappa shape index (κ1) is 20.4. The Bertz CT molecular complexity index is 1270. The number of hydrogen-bond donors (Lipinski definition) is 0. The van der Waals surface area contributed by atoms with Gasteiger partial charge in [0.05, 0.1) is 22.5 Å². The number of rotatable bonds is 4. The van der Waals surface area contributed by atoms with Gasteiger partial charge in [-0.1, -0.05) is 0 Å². The Labute approximate surface area is 168 Å². The van der Waals surface area contributed by atoms with Crippen LogP contribution in [0.4, 0.5) is 13.2 Å². The lowest BCUT2D eigenvalue weighted by Gasteiger charge is -2.17. The van der Waals surface area contributed by atoms with E-state index >= 15 is 0 Å². The number of halogens is 3. The lowest BCUT2D eigenvalue weighted by atomic mass is 10.2. The number of hydrogen-bond acceptors (Lipinski definition) is 6. The molecular weight excluding hydrogens is 427 g/mol. The first-order chi connectivity index (χ1) is 14.1. The zero-order chi connectivity index (χ0) is 21.7. The third-order valence-corrected chi connectivity index (χ3v) is 6.72. The number of aryl methyl sites for hydroxylation is 1. The monoisotopic (exact) mass is 443 g/mol. The van der Waals surface area contributed by atoms with Crippen LogP contribution >= 0.6 is 0 Å². The van der Waals surface area contributed by atoms with Gasteiger partial charge in [0.25, 0.3) is 0 Å². The van der Waals surface area contributed by atoms with Gasteiger partial charge in [-0.05, 0) is 30.7 Å². The standard InChI is InChI=1S/C18H16F3N3O5S/c1-23-14-9-13(2-3-15(14)29-17(23)25)30(26,27)24-7-5-12(10-24)28-16-8-11(4-6-22-16)18(19,20)21/h2-4,6,8-9,12H,5,7,10H2,1H3/t12-/m1/s1. The normalized spacial score (nSPS) is 18.2. The van der Waals surface area contributed by atoms with E-state index in [2.05, 4.69) is 4.98 Å². The van der Waals surface area contributed by atoms with Crippen molar-refractivity contribution in [2.24, 2.45) is 7.05 Å². The third-order valence-electron chi connectivity index (χ3n) is 4.86. The molecule has 1 aliphatic heterocycles. The predicted octanol–water partition coefficient (Wildman–Crippen LogP) is 2.39. The summed E-state index contributed by atoms with van der Waals surface area (Å²) in [7, 11) is -2.43. The van der Waals surface area contributed by atoms with Crippen LogP contribution < -0.4 is 10.5 Å². The van der Waals surface area contributed by atoms with Crippen molar-refractivity contribution in [1.29, 1.82) is 0 Å². The van der Waals surface area contributed by atoms with Gasteiger partial charge >= 0.3 is 11.9 Å². The second-order valence-electron chi connectivity index (χ2n) is 6.83. The smallest absolute Gasteiger partial charge is 0.419 e. The number of aromatic nitrogens is 2. The van der Waals surface area contributed by atoms with Crippen molar-refractivity contribution in [2.45, 2.75) is 23.6 Å². The van der Waals surface area contributed by atoms with E-state index in [1.807, 2.05) is 0 Å². The highest BCUT2D eigenvalue weighted by molar-refractivity contribution is 7.89. The first-order valence-electron chi connectivity index (χ1n) is 8.85. The van der Waals surface area contributed by atoms with Crippen LogP contribution in [-0.4, -0.2) is 41.5 Å². The number of sulfonamides is 1. The summed E-state index contributed by atoms with van der Waals surface area (Å²) in [5.74, 6) is -0.827. The highest BCUT2D eigenvalue weighted by Crippen LogP contribution is 2.31. The van der Waals surface area contributed by atoms with Gasteiger partial charge in [-0.3, -0.25) is 4.57 Å². The molecule has 0 N–H and O–H groups in total. The largest absolute Gasteiger partial charge is 0.473 e. The minimum atomic E-state index is -4.53. The van der Waals surface area contributed by atoms with Gasteiger partial charge in [0.2, 0.25) is 15.9 Å². The van der Waals surface area contributed by atoms with Crippen LogP contribution in [0.3, 0.4) is 0 Å². The molecule has 3 heterocycles. The Hall–Kier alpha value is -2.86. The number of alkyl halides is 3. The molecule has 1 aromatic carbocycles. The van der Waals surface area contributed by atoms with Crippen LogP contribution in [0.2, 0.25) is 0 Å². The van der Waals surface area contributed by atoms with Crippen molar-refractivity contribution in [1.82, 2.24) is 13.9 Å². The fourth-order valence-electron chi connectivity index (χ4n) is 3.25. The van der Waals surface area contributed by atoms with Crippen molar-refractivity contribution in [3.63, 3.8) is 0 Å². The minimum Gasteiger partial charge on any atom is -0.473 e. The maximum atomic E-state index is 13.0. The summed E-state index contributed by atoms with van der Waals surface area (Å²) < 4.78 is 77.3. The summed E-state index contributed by atoms with van der Waals surface area (Å²) in [4.78, 5) is 15.4. The molecule has 0 bridgehead atoms. The van der Waals surface area contributed by atoms with Gasteiger partial charge in [-0.25, -0.2) is 18.2 Å². The quantitative estimate of drug-likeness (QED) is 0.615. The highest BCUT2D eigenvalue weighted by Gasteiger charge is 2.35. The predicted molar refractivity (Wildman–Crippen MR) is 98.5 cm³/mol. The van der Waals surface area contributed by atoms with Crippen molar-refractivity contribution < 1.29 is 30.7 Å². The van der Waals surface area contributed by atoms with E-state index in [0.29, 0.717) is 11.9 Å². The van der Waals surface area contributed by atoms with Crippen LogP contribution in [-0.2, 0) is 23.2 Å². The summed E-state index contributed by atoms with van der Waals surface area (Å²) in [5, 5.41) is 0. The molecule has 1 saturated heterocycles. The lowest BCUT2D eigenvalue weighted by molar-refractivity contribution is -0.137. The van der Waals surface area contributed by atoms with Crippen molar-refractivity contribution in [2.75, 3.05) is 13.1 Å². The van der Waals surface area contributed by atoms with E-state index in [-0.39, 0.29) is 29.4 Å². The maximum absolute atomic E-state index is 13.0. The SMILES string of the molecule is Cn1c(=O)oc2ccc(S(=O)(=O)N3CC[C@@H](Oc4cc(C(F)(F)F)ccn4)C3)cc21. The van der Waals surface area contributed by atoms with Gasteiger partial charge in [0.1, 0.15) is 6.10 Å². The molecular formula is C18H16F3N3O5S. The molecule has 30 heavy (non-hydrogen) atoms. The fourth-order valence-corrected chi connectivity index (χ4v) is 4.76. The second kappa shape index (κ2) is 7.13. The number of pyridine rings is 1. The van der Waals surface area contributed by atoms with E-state index in [1.54, 1.807) is 0 Å². The van der Waals surface area contributed by atoms with E-state index in [0.717, 1.165) is 18.3 Å². The maximum Gasteiger partial charge on any atom is 0.419 e. The molecule has 8 nitrogen and oxygen atoms in total. The first-order valence-corrected chi connectivity index (χ1v) is 10.3. The zero-order valence-corrected chi connectivity index (χ0v) is 16.4. The summed E-state index contributed by atoms with van der Waals surface area (Å²) in [6, 6.07) is 5.70. The Balaban J connectivity index is 1.52. The van der Waals surface area contributed by atoms with Gasteiger partial charge in [0, 0.05) is 25.9 Å². The molecule has 1 atom stereocenters. The molecule has 0 amide bonds. The number of ether oxygens (including phenoxy) is 1. The van der Waals surface area contributed by atoms with Crippen LogP contribution in [0.5, 0.6) is 5.88 Å². The molecule has 2 aromatic heterocycles. The summed E-state index contributed by atoms with van der Waals surface area (Å²) in [6.45, 7) is 0.0942. The summed E-state index contributed by atoms with van der Waals surface area (Å²) in [5.41, 5.74) is -0.296. The van der Waals surface area contributed by atoms with Crippen LogP contribution in [0.25, 0.3) is 11.1 Å². The van der Waals surface area contributed by atoms with Gasteiger partial charge in [-0.2, -0.15) is 17.5 Å². The molecule has 4 rings (SSSR count). The number of benzene rings is 1. The molecule has 0 spiro atoms. The van der Waals surface area contributed by atoms with Crippen molar-refractivity contribution >= 4 is 21.1 Å². The van der Waals surface area contributed by atoms with E-state index in [9.17, 15) is 26.4 Å². The van der Waals surface area contributed by atoms with Gasteiger partial charge < -0.3 is 9.15 Å². The number of oxazole rings is 1. The Kier molecular flexibility index (Phi) is 4.85.